The van der Waals surface area contributed by atoms with Crippen LogP contribution < -0.4 is 10.6 Å². The minimum atomic E-state index is -0.103. The van der Waals surface area contributed by atoms with E-state index in [1.165, 1.54) is 43.2 Å². The number of aliphatic imine (C=N–C) groups is 1. The number of benzene rings is 1. The molecule has 2 atom stereocenters. The molecule has 5 nitrogen and oxygen atoms in total. The Morgan fingerprint density at radius 1 is 1.11 bits per heavy atom. The molecule has 156 valence electrons. The summed E-state index contributed by atoms with van der Waals surface area (Å²) >= 11 is 0. The fraction of sp³-hybridized carbons (Fsp3) is 0.696. The summed E-state index contributed by atoms with van der Waals surface area (Å²) in [6.45, 7) is 6.06. The first-order valence-electron chi connectivity index (χ1n) is 11.1. The second-order valence-electron chi connectivity index (χ2n) is 8.53. The summed E-state index contributed by atoms with van der Waals surface area (Å²) in [4.78, 5) is 6.85. The number of hydrogen-bond donors (Lipinski definition) is 3. The highest BCUT2D eigenvalue weighted by Gasteiger charge is 2.21. The van der Waals surface area contributed by atoms with E-state index in [-0.39, 0.29) is 6.10 Å². The highest BCUT2D eigenvalue weighted by molar-refractivity contribution is 5.79. The summed E-state index contributed by atoms with van der Waals surface area (Å²) in [5, 5.41) is 16.7. The maximum Gasteiger partial charge on any atom is 0.191 e. The molecule has 2 unspecified atom stereocenters. The number of likely N-dealkylation sites (tertiary alicyclic amines) is 1. The second kappa shape index (κ2) is 10.8. The molecule has 1 aliphatic carbocycles. The summed E-state index contributed by atoms with van der Waals surface area (Å²) in [6.07, 6.45) is 8.19. The highest BCUT2D eigenvalue weighted by atomic mass is 16.3. The molecule has 0 aromatic heterocycles. The lowest BCUT2D eigenvalue weighted by Gasteiger charge is -2.30. The predicted octanol–water partition coefficient (Wildman–Crippen LogP) is 3.28. The van der Waals surface area contributed by atoms with E-state index in [0.29, 0.717) is 6.04 Å². The van der Waals surface area contributed by atoms with Gasteiger partial charge in [-0.1, -0.05) is 50.5 Å². The van der Waals surface area contributed by atoms with Crippen molar-refractivity contribution in [2.45, 2.75) is 77.1 Å². The van der Waals surface area contributed by atoms with Gasteiger partial charge in [-0.25, -0.2) is 0 Å². The summed E-state index contributed by atoms with van der Waals surface area (Å²) in [6, 6.07) is 9.43. The Hall–Kier alpha value is -1.59. The number of aliphatic hydroxyl groups excluding tert-OH is 1. The van der Waals surface area contributed by atoms with Crippen molar-refractivity contribution in [3.05, 3.63) is 35.4 Å². The third-order valence-electron chi connectivity index (χ3n) is 6.37. The Kier molecular flexibility index (Phi) is 8.16. The lowest BCUT2D eigenvalue weighted by Crippen LogP contribution is -2.45. The van der Waals surface area contributed by atoms with Crippen LogP contribution in [0.15, 0.2) is 29.3 Å². The van der Waals surface area contributed by atoms with E-state index in [4.69, 9.17) is 0 Å². The van der Waals surface area contributed by atoms with Crippen molar-refractivity contribution in [1.82, 2.24) is 15.5 Å². The SMILES string of the molecule is CCC1CCCC(NC(=NC)NCc2ccc(CN3CCC(O)CC3)cc2)C1. The van der Waals surface area contributed by atoms with Crippen LogP contribution in [0.25, 0.3) is 0 Å². The molecule has 2 aliphatic rings. The number of guanidine groups is 1. The fourth-order valence-electron chi connectivity index (χ4n) is 4.46. The van der Waals surface area contributed by atoms with Gasteiger partial charge in [-0.05, 0) is 42.7 Å². The zero-order valence-electron chi connectivity index (χ0n) is 17.7. The minimum Gasteiger partial charge on any atom is -0.393 e. The van der Waals surface area contributed by atoms with Crippen molar-refractivity contribution in [3.8, 4) is 0 Å². The van der Waals surface area contributed by atoms with E-state index in [1.54, 1.807) is 0 Å². The summed E-state index contributed by atoms with van der Waals surface area (Å²) in [5.41, 5.74) is 2.62. The smallest absolute Gasteiger partial charge is 0.191 e. The average Bonchev–Trinajstić information content (AvgIpc) is 2.74. The van der Waals surface area contributed by atoms with E-state index in [0.717, 1.165) is 50.9 Å². The van der Waals surface area contributed by atoms with Crippen LogP contribution in [0.2, 0.25) is 0 Å². The van der Waals surface area contributed by atoms with Gasteiger partial charge in [0.25, 0.3) is 0 Å². The van der Waals surface area contributed by atoms with Crippen LogP contribution in [0, 0.1) is 5.92 Å². The molecule has 3 rings (SSSR count). The number of nitrogens with one attached hydrogen (secondary N) is 2. The number of aliphatic hydroxyl groups is 1. The molecule has 0 radical (unpaired) electrons. The summed E-state index contributed by atoms with van der Waals surface area (Å²) < 4.78 is 0. The van der Waals surface area contributed by atoms with E-state index >= 15 is 0 Å². The zero-order chi connectivity index (χ0) is 19.8. The third kappa shape index (κ3) is 6.49. The van der Waals surface area contributed by atoms with Gasteiger partial charge in [-0.15, -0.1) is 0 Å². The van der Waals surface area contributed by atoms with Crippen molar-refractivity contribution < 1.29 is 5.11 Å². The van der Waals surface area contributed by atoms with Crippen molar-refractivity contribution in [1.29, 1.82) is 0 Å². The monoisotopic (exact) mass is 386 g/mol. The normalized spacial score (nSPS) is 24.9. The Morgan fingerprint density at radius 3 is 2.50 bits per heavy atom. The first-order chi connectivity index (χ1) is 13.7. The molecule has 0 bridgehead atoms. The lowest BCUT2D eigenvalue weighted by atomic mass is 9.84. The van der Waals surface area contributed by atoms with Crippen LogP contribution in [0.5, 0.6) is 0 Å². The quantitative estimate of drug-likeness (QED) is 0.519. The van der Waals surface area contributed by atoms with E-state index in [9.17, 15) is 5.11 Å². The van der Waals surface area contributed by atoms with Gasteiger partial charge in [0, 0.05) is 39.3 Å². The maximum atomic E-state index is 9.63. The molecule has 28 heavy (non-hydrogen) atoms. The van der Waals surface area contributed by atoms with Gasteiger partial charge in [-0.3, -0.25) is 9.89 Å². The third-order valence-corrected chi connectivity index (χ3v) is 6.37. The minimum absolute atomic E-state index is 0.103. The van der Waals surface area contributed by atoms with Gasteiger partial charge >= 0.3 is 0 Å². The van der Waals surface area contributed by atoms with Crippen molar-refractivity contribution in [3.63, 3.8) is 0 Å². The Morgan fingerprint density at radius 2 is 1.82 bits per heavy atom. The zero-order valence-corrected chi connectivity index (χ0v) is 17.7. The van der Waals surface area contributed by atoms with E-state index in [2.05, 4.69) is 51.7 Å². The topological polar surface area (TPSA) is 59.9 Å². The van der Waals surface area contributed by atoms with Crippen molar-refractivity contribution in [2.75, 3.05) is 20.1 Å². The van der Waals surface area contributed by atoms with Crippen molar-refractivity contribution >= 4 is 5.96 Å². The average molecular weight is 387 g/mol. The predicted molar refractivity (Wildman–Crippen MR) is 116 cm³/mol. The molecule has 2 fully saturated rings. The number of rotatable bonds is 6. The van der Waals surface area contributed by atoms with Gasteiger partial charge in [-0.2, -0.15) is 0 Å². The molecule has 5 heteroatoms. The molecule has 1 aromatic rings. The van der Waals surface area contributed by atoms with Crippen molar-refractivity contribution in [2.24, 2.45) is 10.9 Å². The summed E-state index contributed by atoms with van der Waals surface area (Å²) in [5.74, 6) is 1.78. The van der Waals surface area contributed by atoms with Crippen LogP contribution in [-0.2, 0) is 13.1 Å². The standard InChI is InChI=1S/C23H38N4O/c1-3-18-5-4-6-21(15-18)26-23(24-2)25-16-19-7-9-20(10-8-19)17-27-13-11-22(28)12-14-27/h7-10,18,21-22,28H,3-6,11-17H2,1-2H3,(H2,24,25,26). The molecule has 0 spiro atoms. The first kappa shape index (κ1) is 21.1. The fourth-order valence-corrected chi connectivity index (χ4v) is 4.46. The molecular formula is C23H38N4O. The van der Waals surface area contributed by atoms with Crippen LogP contribution in [0.3, 0.4) is 0 Å². The summed E-state index contributed by atoms with van der Waals surface area (Å²) in [7, 11) is 1.86. The molecule has 3 N–H and O–H groups in total. The van der Waals surface area contributed by atoms with Gasteiger partial charge in [0.15, 0.2) is 5.96 Å². The maximum absolute atomic E-state index is 9.63. The van der Waals surface area contributed by atoms with Gasteiger partial charge in [0.1, 0.15) is 0 Å². The van der Waals surface area contributed by atoms with Crippen LogP contribution in [0.1, 0.15) is 63.0 Å². The molecule has 1 saturated heterocycles. The molecular weight excluding hydrogens is 348 g/mol. The number of piperidine rings is 1. The van der Waals surface area contributed by atoms with Gasteiger partial charge in [0.2, 0.25) is 0 Å². The van der Waals surface area contributed by atoms with Gasteiger partial charge < -0.3 is 15.7 Å². The largest absolute Gasteiger partial charge is 0.393 e. The number of hydrogen-bond acceptors (Lipinski definition) is 3. The van der Waals surface area contributed by atoms with Crippen LogP contribution in [-0.4, -0.2) is 48.2 Å². The Bertz CT molecular complexity index is 608. The highest BCUT2D eigenvalue weighted by Crippen LogP contribution is 2.26. The second-order valence-corrected chi connectivity index (χ2v) is 8.53. The molecule has 1 saturated carbocycles. The molecule has 0 amide bonds. The van der Waals surface area contributed by atoms with E-state index in [1.807, 2.05) is 7.05 Å². The lowest BCUT2D eigenvalue weighted by molar-refractivity contribution is 0.0792. The van der Waals surface area contributed by atoms with Gasteiger partial charge in [0.05, 0.1) is 6.10 Å². The Labute approximate surface area is 170 Å². The first-order valence-corrected chi connectivity index (χ1v) is 11.1. The number of nitrogens with zero attached hydrogens (tertiary/aromatic N) is 2. The molecule has 1 aliphatic heterocycles. The molecule has 1 heterocycles. The van der Waals surface area contributed by atoms with E-state index < -0.39 is 0 Å². The molecule has 1 aromatic carbocycles. The van der Waals surface area contributed by atoms with Crippen LogP contribution >= 0.6 is 0 Å². The van der Waals surface area contributed by atoms with Crippen LogP contribution in [0.4, 0.5) is 0 Å². The Balaban J connectivity index is 1.43.